The minimum atomic E-state index is 0.250. The van der Waals surface area contributed by atoms with Gasteiger partial charge >= 0.3 is 0 Å². The molecule has 0 aromatic rings. The summed E-state index contributed by atoms with van der Waals surface area (Å²) in [5.41, 5.74) is 0.250. The highest BCUT2D eigenvalue weighted by Crippen LogP contribution is 2.43. The molecular formula is C11H21NO. The van der Waals surface area contributed by atoms with Crippen LogP contribution in [-0.4, -0.2) is 25.8 Å². The second-order valence-electron chi connectivity index (χ2n) is 5.01. The first-order valence-corrected chi connectivity index (χ1v) is 5.47. The van der Waals surface area contributed by atoms with Crippen LogP contribution in [-0.2, 0) is 4.74 Å². The average Bonchev–Trinajstić information content (AvgIpc) is 2.86. The molecule has 1 aliphatic heterocycles. The summed E-state index contributed by atoms with van der Waals surface area (Å²) in [4.78, 5) is 0. The van der Waals surface area contributed by atoms with Gasteiger partial charge in [-0.2, -0.15) is 0 Å². The highest BCUT2D eigenvalue weighted by molar-refractivity contribution is 4.95. The Morgan fingerprint density at radius 1 is 1.31 bits per heavy atom. The lowest BCUT2D eigenvalue weighted by molar-refractivity contribution is 0.0785. The number of piperidine rings is 1. The SMILES string of the molecule is COCC1(C)CC(C2CC2)CCN1. The van der Waals surface area contributed by atoms with Crippen molar-refractivity contribution in [1.82, 2.24) is 5.32 Å². The fraction of sp³-hybridized carbons (Fsp3) is 1.00. The molecule has 1 saturated heterocycles. The topological polar surface area (TPSA) is 21.3 Å². The van der Waals surface area contributed by atoms with Gasteiger partial charge in [0.25, 0.3) is 0 Å². The van der Waals surface area contributed by atoms with E-state index in [1.807, 2.05) is 0 Å². The number of ether oxygens (including phenoxy) is 1. The van der Waals surface area contributed by atoms with E-state index < -0.39 is 0 Å². The standard InChI is InChI=1S/C11H21NO/c1-11(8-13-2)7-10(5-6-12-11)9-3-4-9/h9-10,12H,3-8H2,1-2H3. The smallest absolute Gasteiger partial charge is 0.0641 e. The summed E-state index contributed by atoms with van der Waals surface area (Å²) < 4.78 is 5.27. The van der Waals surface area contributed by atoms with Gasteiger partial charge in [-0.05, 0) is 51.0 Å². The quantitative estimate of drug-likeness (QED) is 0.720. The molecule has 1 N–H and O–H groups in total. The van der Waals surface area contributed by atoms with Gasteiger partial charge < -0.3 is 10.1 Å². The summed E-state index contributed by atoms with van der Waals surface area (Å²) in [6.07, 6.45) is 5.65. The maximum absolute atomic E-state index is 5.27. The monoisotopic (exact) mass is 183 g/mol. The van der Waals surface area contributed by atoms with E-state index in [0.29, 0.717) is 0 Å². The van der Waals surface area contributed by atoms with E-state index in [2.05, 4.69) is 12.2 Å². The van der Waals surface area contributed by atoms with Crippen molar-refractivity contribution >= 4 is 0 Å². The van der Waals surface area contributed by atoms with Crippen LogP contribution >= 0.6 is 0 Å². The molecule has 0 spiro atoms. The lowest BCUT2D eigenvalue weighted by Gasteiger charge is -2.39. The molecule has 0 aromatic heterocycles. The van der Waals surface area contributed by atoms with Gasteiger partial charge in [-0.3, -0.25) is 0 Å². The van der Waals surface area contributed by atoms with Crippen LogP contribution in [0.4, 0.5) is 0 Å². The molecule has 0 aromatic carbocycles. The third kappa shape index (κ3) is 2.23. The normalized spacial score (nSPS) is 40.6. The number of hydrogen-bond donors (Lipinski definition) is 1. The van der Waals surface area contributed by atoms with E-state index in [0.717, 1.165) is 18.4 Å². The van der Waals surface area contributed by atoms with Crippen molar-refractivity contribution in [3.63, 3.8) is 0 Å². The molecule has 2 unspecified atom stereocenters. The van der Waals surface area contributed by atoms with E-state index >= 15 is 0 Å². The van der Waals surface area contributed by atoms with Gasteiger partial charge in [0, 0.05) is 12.6 Å². The zero-order valence-electron chi connectivity index (χ0n) is 8.81. The van der Waals surface area contributed by atoms with Crippen LogP contribution in [0.5, 0.6) is 0 Å². The van der Waals surface area contributed by atoms with Gasteiger partial charge in [0.1, 0.15) is 0 Å². The summed E-state index contributed by atoms with van der Waals surface area (Å²) in [6.45, 7) is 4.34. The van der Waals surface area contributed by atoms with Crippen molar-refractivity contribution in [3.05, 3.63) is 0 Å². The molecule has 2 nitrogen and oxygen atoms in total. The van der Waals surface area contributed by atoms with E-state index in [1.54, 1.807) is 7.11 Å². The Morgan fingerprint density at radius 3 is 2.69 bits per heavy atom. The maximum atomic E-state index is 5.27. The summed E-state index contributed by atoms with van der Waals surface area (Å²) in [6, 6.07) is 0. The Hall–Kier alpha value is -0.0800. The molecule has 0 radical (unpaired) electrons. The zero-order valence-corrected chi connectivity index (χ0v) is 8.81. The second kappa shape index (κ2) is 3.58. The second-order valence-corrected chi connectivity index (χ2v) is 5.01. The zero-order chi connectivity index (χ0) is 9.31. The third-order valence-electron chi connectivity index (χ3n) is 3.53. The summed E-state index contributed by atoms with van der Waals surface area (Å²) in [5.74, 6) is 2.03. The minimum Gasteiger partial charge on any atom is -0.383 e. The van der Waals surface area contributed by atoms with Gasteiger partial charge in [0.15, 0.2) is 0 Å². The minimum absolute atomic E-state index is 0.250. The number of methoxy groups -OCH3 is 1. The lowest BCUT2D eigenvalue weighted by Crippen LogP contribution is -2.52. The highest BCUT2D eigenvalue weighted by Gasteiger charge is 2.39. The number of hydrogen-bond acceptors (Lipinski definition) is 2. The lowest BCUT2D eigenvalue weighted by atomic mass is 9.81. The van der Waals surface area contributed by atoms with E-state index in [4.69, 9.17) is 4.74 Å². The maximum Gasteiger partial charge on any atom is 0.0641 e. The van der Waals surface area contributed by atoms with Crippen molar-refractivity contribution in [2.24, 2.45) is 11.8 Å². The molecule has 0 amide bonds. The van der Waals surface area contributed by atoms with Crippen molar-refractivity contribution in [3.8, 4) is 0 Å². The van der Waals surface area contributed by atoms with Crippen molar-refractivity contribution in [2.45, 2.75) is 38.1 Å². The van der Waals surface area contributed by atoms with Crippen molar-refractivity contribution < 1.29 is 4.74 Å². The van der Waals surface area contributed by atoms with Gasteiger partial charge in [-0.25, -0.2) is 0 Å². The van der Waals surface area contributed by atoms with Crippen LogP contribution in [0.2, 0.25) is 0 Å². The first kappa shape index (κ1) is 9.47. The van der Waals surface area contributed by atoms with Crippen LogP contribution in [0.1, 0.15) is 32.6 Å². The first-order chi connectivity index (χ1) is 6.23. The Balaban J connectivity index is 1.89. The molecule has 2 aliphatic rings. The number of rotatable bonds is 3. The molecule has 76 valence electrons. The predicted octanol–water partition coefficient (Wildman–Crippen LogP) is 1.80. The van der Waals surface area contributed by atoms with E-state index in [-0.39, 0.29) is 5.54 Å². The fourth-order valence-corrected chi connectivity index (χ4v) is 2.71. The van der Waals surface area contributed by atoms with Gasteiger partial charge in [-0.1, -0.05) is 0 Å². The van der Waals surface area contributed by atoms with Crippen molar-refractivity contribution in [2.75, 3.05) is 20.3 Å². The summed E-state index contributed by atoms with van der Waals surface area (Å²) >= 11 is 0. The Bertz CT molecular complexity index is 175. The van der Waals surface area contributed by atoms with Crippen LogP contribution in [0, 0.1) is 11.8 Å². The average molecular weight is 183 g/mol. The van der Waals surface area contributed by atoms with Crippen molar-refractivity contribution in [1.29, 1.82) is 0 Å². The molecule has 2 heteroatoms. The van der Waals surface area contributed by atoms with Gasteiger partial charge in [0.2, 0.25) is 0 Å². The molecule has 2 atom stereocenters. The molecule has 13 heavy (non-hydrogen) atoms. The molecule has 0 bridgehead atoms. The Kier molecular flexibility index (Phi) is 2.61. The largest absolute Gasteiger partial charge is 0.383 e. The molecule has 1 saturated carbocycles. The highest BCUT2D eigenvalue weighted by atomic mass is 16.5. The molecule has 2 rings (SSSR count). The van der Waals surface area contributed by atoms with Crippen LogP contribution in [0.15, 0.2) is 0 Å². The predicted molar refractivity (Wildman–Crippen MR) is 53.7 cm³/mol. The van der Waals surface area contributed by atoms with E-state index in [9.17, 15) is 0 Å². The van der Waals surface area contributed by atoms with Crippen LogP contribution < -0.4 is 5.32 Å². The summed E-state index contributed by atoms with van der Waals surface area (Å²) in [5, 5.41) is 3.58. The molecule has 1 heterocycles. The fourth-order valence-electron chi connectivity index (χ4n) is 2.71. The van der Waals surface area contributed by atoms with Crippen LogP contribution in [0.3, 0.4) is 0 Å². The number of nitrogens with one attached hydrogen (secondary N) is 1. The first-order valence-electron chi connectivity index (χ1n) is 5.47. The third-order valence-corrected chi connectivity index (χ3v) is 3.53. The Labute approximate surface area is 81.0 Å². The molecule has 2 fully saturated rings. The van der Waals surface area contributed by atoms with E-state index in [1.165, 1.54) is 32.2 Å². The van der Waals surface area contributed by atoms with Crippen LogP contribution in [0.25, 0.3) is 0 Å². The summed E-state index contributed by atoms with van der Waals surface area (Å²) in [7, 11) is 1.80. The molecule has 1 aliphatic carbocycles. The Morgan fingerprint density at radius 2 is 2.08 bits per heavy atom. The molecular weight excluding hydrogens is 162 g/mol. The van der Waals surface area contributed by atoms with Gasteiger partial charge in [-0.15, -0.1) is 0 Å². The van der Waals surface area contributed by atoms with Gasteiger partial charge in [0.05, 0.1) is 6.61 Å².